The molecule has 1 aromatic heterocycles. The Kier molecular flexibility index (Phi) is 8.19. The number of carbonyl (C=O) groups excluding carboxylic acids is 1. The van der Waals surface area contributed by atoms with Gasteiger partial charge in [0, 0.05) is 36.0 Å². The standard InChI is InChI=1S/C20H29N3O2S/c1-4-6-12-22(3)13-11-21-19(24)15-26-18-14-20(25)23(5-2)17-10-8-7-9-16(17)18/h7-10,14H,4-6,11-13,15H2,1-3H3,(H,21,24). The van der Waals surface area contributed by atoms with Crippen molar-refractivity contribution in [1.29, 1.82) is 0 Å². The highest BCUT2D eigenvalue weighted by atomic mass is 32.2. The number of aryl methyl sites for hydroxylation is 1. The molecule has 26 heavy (non-hydrogen) atoms. The van der Waals surface area contributed by atoms with Crippen LogP contribution in [-0.4, -0.2) is 47.8 Å². The maximum Gasteiger partial charge on any atom is 0.252 e. The second-order valence-corrected chi connectivity index (χ2v) is 7.42. The van der Waals surface area contributed by atoms with Crippen molar-refractivity contribution in [2.24, 2.45) is 0 Å². The molecule has 0 spiro atoms. The van der Waals surface area contributed by atoms with E-state index in [1.54, 1.807) is 10.6 Å². The van der Waals surface area contributed by atoms with Crippen molar-refractivity contribution in [3.05, 3.63) is 40.7 Å². The summed E-state index contributed by atoms with van der Waals surface area (Å²) in [5.41, 5.74) is 0.898. The number of carbonyl (C=O) groups is 1. The lowest BCUT2D eigenvalue weighted by atomic mass is 10.2. The van der Waals surface area contributed by atoms with Gasteiger partial charge >= 0.3 is 0 Å². The predicted molar refractivity (Wildman–Crippen MR) is 110 cm³/mol. The molecule has 1 amide bonds. The fourth-order valence-corrected chi connectivity index (χ4v) is 3.77. The summed E-state index contributed by atoms with van der Waals surface area (Å²) in [6, 6.07) is 9.50. The number of hydrogen-bond donors (Lipinski definition) is 1. The van der Waals surface area contributed by atoms with Crippen molar-refractivity contribution < 1.29 is 4.79 Å². The van der Waals surface area contributed by atoms with Crippen molar-refractivity contribution >= 4 is 28.6 Å². The van der Waals surface area contributed by atoms with Gasteiger partial charge in [0.1, 0.15) is 0 Å². The zero-order valence-electron chi connectivity index (χ0n) is 16.0. The second kappa shape index (κ2) is 10.4. The van der Waals surface area contributed by atoms with Crippen LogP contribution in [0.15, 0.2) is 40.0 Å². The maximum atomic E-state index is 12.3. The molecule has 2 aromatic rings. The first-order valence-corrected chi connectivity index (χ1v) is 10.3. The van der Waals surface area contributed by atoms with Gasteiger partial charge in [0.15, 0.2) is 0 Å². The van der Waals surface area contributed by atoms with Crippen molar-refractivity contribution in [2.75, 3.05) is 32.4 Å². The van der Waals surface area contributed by atoms with Gasteiger partial charge in [-0.15, -0.1) is 11.8 Å². The van der Waals surface area contributed by atoms with Crippen LogP contribution in [0.2, 0.25) is 0 Å². The highest BCUT2D eigenvalue weighted by Crippen LogP contribution is 2.26. The van der Waals surface area contributed by atoms with Gasteiger partial charge in [-0.05, 0) is 33.0 Å². The Morgan fingerprint density at radius 2 is 2.00 bits per heavy atom. The summed E-state index contributed by atoms with van der Waals surface area (Å²) in [6.07, 6.45) is 2.36. The Labute approximate surface area is 159 Å². The van der Waals surface area contributed by atoms with E-state index >= 15 is 0 Å². The molecule has 0 saturated carbocycles. The molecule has 0 bridgehead atoms. The minimum atomic E-state index is -0.0216. The van der Waals surface area contributed by atoms with Crippen LogP contribution in [0.1, 0.15) is 26.7 Å². The zero-order chi connectivity index (χ0) is 18.9. The third kappa shape index (κ3) is 5.61. The SMILES string of the molecule is CCCCN(C)CCNC(=O)CSc1cc(=O)n(CC)c2ccccc12. The first kappa shape index (κ1) is 20.5. The average molecular weight is 376 g/mol. The molecule has 2 rings (SSSR count). The molecule has 0 aliphatic carbocycles. The minimum Gasteiger partial charge on any atom is -0.354 e. The van der Waals surface area contributed by atoms with Gasteiger partial charge in [0.05, 0.1) is 11.3 Å². The highest BCUT2D eigenvalue weighted by molar-refractivity contribution is 8.00. The third-order valence-electron chi connectivity index (χ3n) is 4.36. The van der Waals surface area contributed by atoms with E-state index in [4.69, 9.17) is 0 Å². The minimum absolute atomic E-state index is 0.00245. The van der Waals surface area contributed by atoms with Crippen molar-refractivity contribution in [3.8, 4) is 0 Å². The Morgan fingerprint density at radius 3 is 2.73 bits per heavy atom. The van der Waals surface area contributed by atoms with E-state index in [0.29, 0.717) is 18.8 Å². The first-order valence-electron chi connectivity index (χ1n) is 9.27. The summed E-state index contributed by atoms with van der Waals surface area (Å²) in [5, 5.41) is 3.98. The van der Waals surface area contributed by atoms with Crippen molar-refractivity contribution in [2.45, 2.75) is 38.1 Å². The van der Waals surface area contributed by atoms with Crippen LogP contribution in [0, 0.1) is 0 Å². The summed E-state index contributed by atoms with van der Waals surface area (Å²) in [4.78, 5) is 27.5. The molecule has 0 unspecified atom stereocenters. The topological polar surface area (TPSA) is 54.3 Å². The summed E-state index contributed by atoms with van der Waals surface area (Å²) >= 11 is 1.43. The first-order chi connectivity index (χ1) is 12.6. The number of nitrogens with zero attached hydrogens (tertiary/aromatic N) is 2. The van der Waals surface area contributed by atoms with E-state index in [1.807, 2.05) is 31.2 Å². The lowest BCUT2D eigenvalue weighted by Gasteiger charge is -2.16. The number of likely N-dealkylation sites (N-methyl/N-ethyl adjacent to an activating group) is 1. The highest BCUT2D eigenvalue weighted by Gasteiger charge is 2.10. The molecule has 0 atom stereocenters. The number of hydrogen-bond acceptors (Lipinski definition) is 4. The summed E-state index contributed by atoms with van der Waals surface area (Å²) < 4.78 is 1.76. The quantitative estimate of drug-likeness (QED) is 0.649. The van der Waals surface area contributed by atoms with Crippen LogP contribution < -0.4 is 10.9 Å². The maximum absolute atomic E-state index is 12.3. The molecule has 1 N–H and O–H groups in total. The normalized spacial score (nSPS) is 11.2. The van der Waals surface area contributed by atoms with E-state index < -0.39 is 0 Å². The Bertz CT molecular complexity index is 788. The molecular weight excluding hydrogens is 346 g/mol. The number of nitrogens with one attached hydrogen (secondary N) is 1. The molecular formula is C20H29N3O2S. The second-order valence-electron chi connectivity index (χ2n) is 6.40. The lowest BCUT2D eigenvalue weighted by Crippen LogP contribution is -2.34. The van der Waals surface area contributed by atoms with Gasteiger partial charge in [0.2, 0.25) is 5.91 Å². The van der Waals surface area contributed by atoms with Crippen LogP contribution in [-0.2, 0) is 11.3 Å². The smallest absolute Gasteiger partial charge is 0.252 e. The van der Waals surface area contributed by atoms with Gasteiger partial charge in [-0.2, -0.15) is 0 Å². The van der Waals surface area contributed by atoms with Gasteiger partial charge in [0.25, 0.3) is 5.56 Å². The molecule has 0 aliphatic heterocycles. The molecule has 0 radical (unpaired) electrons. The zero-order valence-corrected chi connectivity index (χ0v) is 16.8. The number of thioether (sulfide) groups is 1. The Hall–Kier alpha value is -1.79. The molecule has 142 valence electrons. The molecule has 0 saturated heterocycles. The Balaban J connectivity index is 1.93. The van der Waals surface area contributed by atoms with Gasteiger partial charge in [-0.25, -0.2) is 0 Å². The molecule has 1 aromatic carbocycles. The number of aromatic nitrogens is 1. The van der Waals surface area contributed by atoms with Crippen LogP contribution in [0.25, 0.3) is 10.9 Å². The van der Waals surface area contributed by atoms with Gasteiger partial charge < -0.3 is 14.8 Å². The third-order valence-corrected chi connectivity index (χ3v) is 5.42. The summed E-state index contributed by atoms with van der Waals surface area (Å²) in [7, 11) is 2.07. The van der Waals surface area contributed by atoms with E-state index in [0.717, 1.165) is 28.9 Å². The number of pyridine rings is 1. The number of para-hydroxylation sites is 1. The summed E-state index contributed by atoms with van der Waals surface area (Å²) in [5.74, 6) is 0.320. The molecule has 5 nitrogen and oxygen atoms in total. The number of unbranched alkanes of at least 4 members (excludes halogenated alkanes) is 1. The number of benzene rings is 1. The fourth-order valence-electron chi connectivity index (χ4n) is 2.87. The van der Waals surface area contributed by atoms with E-state index in [9.17, 15) is 9.59 Å². The largest absolute Gasteiger partial charge is 0.354 e. The number of amides is 1. The molecule has 0 aliphatic rings. The van der Waals surface area contributed by atoms with Crippen LogP contribution in [0.3, 0.4) is 0 Å². The van der Waals surface area contributed by atoms with E-state index in [2.05, 4.69) is 24.2 Å². The number of rotatable bonds is 10. The van der Waals surface area contributed by atoms with Crippen molar-refractivity contribution in [3.63, 3.8) is 0 Å². The van der Waals surface area contributed by atoms with Crippen LogP contribution in [0.5, 0.6) is 0 Å². The molecule has 6 heteroatoms. The van der Waals surface area contributed by atoms with E-state index in [-0.39, 0.29) is 11.5 Å². The Morgan fingerprint density at radius 1 is 1.23 bits per heavy atom. The summed E-state index contributed by atoms with van der Waals surface area (Å²) in [6.45, 7) is 7.34. The van der Waals surface area contributed by atoms with Gasteiger partial charge in [-0.1, -0.05) is 31.5 Å². The molecule has 0 fully saturated rings. The predicted octanol–water partition coefficient (Wildman–Crippen LogP) is 2.96. The van der Waals surface area contributed by atoms with Crippen molar-refractivity contribution in [1.82, 2.24) is 14.8 Å². The fraction of sp³-hybridized carbons (Fsp3) is 0.500. The van der Waals surface area contributed by atoms with E-state index in [1.165, 1.54) is 24.6 Å². The molecule has 1 heterocycles. The van der Waals surface area contributed by atoms with Gasteiger partial charge in [-0.3, -0.25) is 9.59 Å². The van der Waals surface area contributed by atoms with Crippen LogP contribution >= 0.6 is 11.8 Å². The van der Waals surface area contributed by atoms with Crippen LogP contribution in [0.4, 0.5) is 0 Å². The average Bonchev–Trinajstić information content (AvgIpc) is 2.64. The lowest BCUT2D eigenvalue weighted by molar-refractivity contribution is -0.118. The monoisotopic (exact) mass is 375 g/mol. The number of fused-ring (bicyclic) bond motifs is 1.